The molecule has 54 heavy (non-hydrogen) atoms. The van der Waals surface area contributed by atoms with Gasteiger partial charge in [0.15, 0.2) is 47.0 Å². The Morgan fingerprint density at radius 2 is 1.70 bits per heavy atom. The number of amides is 1. The number of benzene rings is 1. The van der Waals surface area contributed by atoms with Gasteiger partial charge in [-0.3, -0.25) is 18.7 Å². The molecule has 0 spiro atoms. The summed E-state index contributed by atoms with van der Waals surface area (Å²) >= 11 is 5.83. The molecule has 10 atom stereocenters. The smallest absolute Gasteiger partial charge is 0.394 e. The van der Waals surface area contributed by atoms with Crippen LogP contribution in [0.2, 0.25) is 0 Å². The number of rotatable bonds is 12. The molecule has 4 unspecified atom stereocenters. The van der Waals surface area contributed by atoms with Crippen molar-refractivity contribution in [1.29, 1.82) is 0 Å². The number of aromatic nitrogens is 8. The predicted molar refractivity (Wildman–Crippen MR) is 198 cm³/mol. The summed E-state index contributed by atoms with van der Waals surface area (Å²) in [5.41, 5.74) is 1.06. The quantitative estimate of drug-likeness (QED) is 0.132. The molecule has 4 N–H and O–H groups in total. The van der Waals surface area contributed by atoms with E-state index >= 15 is 0 Å². The molecule has 0 bridgehead atoms. The maximum absolute atomic E-state index is 12.8. The van der Waals surface area contributed by atoms with Crippen LogP contribution >= 0.6 is 14.7 Å². The molecule has 1 amide bonds. The molecule has 2 aliphatic rings. The normalized spacial score (nSPS) is 26.8. The minimum atomic E-state index is -3.05. The highest BCUT2D eigenvalue weighted by atomic mass is 32.5. The topological polar surface area (TPSA) is 240 Å². The van der Waals surface area contributed by atoms with E-state index in [1.807, 2.05) is 13.0 Å². The molecule has 7 rings (SSSR count). The van der Waals surface area contributed by atoms with Crippen molar-refractivity contribution in [2.75, 3.05) is 25.2 Å². The number of imidazole rings is 2. The molecule has 5 aromatic rings. The number of nitrogens with zero attached hydrogens (tertiary/aromatic N) is 7. The molecular weight excluding hydrogens is 764 g/mol. The number of fused-ring (bicyclic) bond motifs is 2. The Hall–Kier alpha value is -3.94. The predicted octanol–water partition coefficient (Wildman–Crippen LogP) is 3.59. The summed E-state index contributed by atoms with van der Waals surface area (Å²) in [7, 11) is -3.02. The van der Waals surface area contributed by atoms with Crippen molar-refractivity contribution in [2.24, 2.45) is 11.8 Å². The molecule has 0 radical (unpaired) electrons. The van der Waals surface area contributed by atoms with Crippen LogP contribution in [-0.4, -0.2) is 99.2 Å². The average molecular weight is 805 g/mol. The second-order valence-corrected chi connectivity index (χ2v) is 17.5. The fourth-order valence-corrected chi connectivity index (χ4v) is 8.84. The SMILES string of the molecule is C.Cc1nc2c(ncn2[C@@H]2O[C@H](COP(C)(=S)O[C@@H]3C(C)[C@H](n4cnc5c(NC(=O)c6ccccc6)ncnc54)O[C@@H]3CO)C(C)[C@@H]2O[P+](=O)O)c(=O)[nH]1. The van der Waals surface area contributed by atoms with Crippen LogP contribution in [-0.2, 0) is 39.4 Å². The standard InChI is InChI=1S/C31H35N9O10P2S.CH4/c1-15-20(48-31(24(15)49-51(44)45)40-14-35-22-27(40)36-17(3)37-29(22)43)11-46-52(4,53)50-23-16(2)30(47-19(23)10-41)39-13-34-21-25(32-12-33-26(21)39)38-28(42)18-8-6-5-7-9-18;/h5-9,12-16,19-20,23-24,30-31,41H,10-11H2,1-4H3,(H2-,32,33,36,37,38,42,43,44,45);1H4/p+1/t15?,16?,19-,20-,23-,24+,30-,31-,52?;/m1./s1. The van der Waals surface area contributed by atoms with Gasteiger partial charge in [0.25, 0.3) is 11.5 Å². The highest BCUT2D eigenvalue weighted by molar-refractivity contribution is 8.09. The Labute approximate surface area is 314 Å². The number of hydrogen-bond acceptors (Lipinski definition) is 15. The van der Waals surface area contributed by atoms with Gasteiger partial charge < -0.3 is 33.9 Å². The van der Waals surface area contributed by atoms with Crippen molar-refractivity contribution in [2.45, 2.75) is 65.1 Å². The van der Waals surface area contributed by atoms with Crippen molar-refractivity contribution in [3.63, 3.8) is 0 Å². The first-order chi connectivity index (χ1) is 25.3. The molecule has 1 aromatic carbocycles. The number of H-pyrrole nitrogens is 1. The largest absolute Gasteiger partial charge is 0.695 e. The average Bonchev–Trinajstić information content (AvgIpc) is 3.89. The van der Waals surface area contributed by atoms with Crippen LogP contribution in [0.4, 0.5) is 5.82 Å². The summed E-state index contributed by atoms with van der Waals surface area (Å²) in [4.78, 5) is 59.2. The Morgan fingerprint density at radius 3 is 2.41 bits per heavy atom. The van der Waals surface area contributed by atoms with Crippen molar-refractivity contribution in [3.05, 3.63) is 71.1 Å². The Kier molecular flexibility index (Phi) is 11.8. The number of carbonyl (C=O) groups is 1. The first kappa shape index (κ1) is 39.7. The van der Waals surface area contributed by atoms with Crippen LogP contribution in [0.3, 0.4) is 0 Å². The van der Waals surface area contributed by atoms with E-state index in [9.17, 15) is 24.2 Å². The van der Waals surface area contributed by atoms with Crippen molar-refractivity contribution in [1.82, 2.24) is 39.0 Å². The monoisotopic (exact) mass is 804 g/mol. The summed E-state index contributed by atoms with van der Waals surface area (Å²) in [5.74, 6) is -0.644. The number of aliphatic hydroxyl groups excluding tert-OH is 1. The van der Waals surface area contributed by atoms with Gasteiger partial charge in [0.05, 0.1) is 32.0 Å². The van der Waals surface area contributed by atoms with E-state index in [2.05, 4.69) is 35.2 Å². The summed E-state index contributed by atoms with van der Waals surface area (Å²) in [6.07, 6.45) is -0.547. The molecule has 22 heteroatoms. The maximum atomic E-state index is 12.8. The zero-order chi connectivity index (χ0) is 37.6. The van der Waals surface area contributed by atoms with Crippen LogP contribution in [0.1, 0.15) is 49.9 Å². The van der Waals surface area contributed by atoms with E-state index in [0.29, 0.717) is 22.6 Å². The van der Waals surface area contributed by atoms with Crippen molar-refractivity contribution >= 4 is 60.6 Å². The molecule has 288 valence electrons. The zero-order valence-electron chi connectivity index (χ0n) is 28.7. The third-order valence-corrected chi connectivity index (χ3v) is 11.5. The number of nitrogens with one attached hydrogen (secondary N) is 2. The number of aryl methyl sites for hydroxylation is 1. The van der Waals surface area contributed by atoms with Gasteiger partial charge in [-0.05, 0) is 30.9 Å². The van der Waals surface area contributed by atoms with Gasteiger partial charge in [0, 0.05) is 28.6 Å². The number of hydrogen-bond donors (Lipinski definition) is 4. The van der Waals surface area contributed by atoms with Crippen LogP contribution in [0, 0.1) is 18.8 Å². The number of aromatic amines is 1. The van der Waals surface area contributed by atoms with Crippen LogP contribution in [0.15, 0.2) is 54.1 Å². The first-order valence-corrected chi connectivity index (χ1v) is 20.7. The lowest BCUT2D eigenvalue weighted by Crippen LogP contribution is -2.31. The van der Waals surface area contributed by atoms with Crippen molar-refractivity contribution in [3.8, 4) is 0 Å². The number of ether oxygens (including phenoxy) is 2. The van der Waals surface area contributed by atoms with E-state index in [1.165, 1.54) is 23.5 Å². The molecule has 4 aromatic heterocycles. The molecule has 2 saturated heterocycles. The minimum Gasteiger partial charge on any atom is -0.394 e. The highest BCUT2D eigenvalue weighted by Crippen LogP contribution is 2.52. The molecule has 6 heterocycles. The van der Waals surface area contributed by atoms with Crippen LogP contribution in [0.25, 0.3) is 22.3 Å². The number of aliphatic hydroxyl groups is 1. The highest BCUT2D eigenvalue weighted by Gasteiger charge is 2.50. The van der Waals surface area contributed by atoms with Crippen molar-refractivity contribution < 1.29 is 42.4 Å². The van der Waals surface area contributed by atoms with E-state index in [-0.39, 0.29) is 49.4 Å². The summed E-state index contributed by atoms with van der Waals surface area (Å²) in [5, 5.41) is 13.1. The summed E-state index contributed by atoms with van der Waals surface area (Å²) in [6, 6.07) is 8.70. The first-order valence-electron chi connectivity index (χ1n) is 16.5. The zero-order valence-corrected chi connectivity index (χ0v) is 31.4. The second-order valence-electron chi connectivity index (χ2n) is 12.8. The lowest BCUT2D eigenvalue weighted by molar-refractivity contribution is -0.0475. The fourth-order valence-electron chi connectivity index (χ4n) is 6.61. The van der Waals surface area contributed by atoms with E-state index in [0.717, 1.165) is 0 Å². The molecule has 0 saturated carbocycles. The van der Waals surface area contributed by atoms with Crippen LogP contribution in [0.5, 0.6) is 0 Å². The van der Waals surface area contributed by atoms with Gasteiger partial charge in [-0.2, -0.15) is 0 Å². The molecule has 2 aliphatic heterocycles. The molecular formula is C32H40N9O10P2S+. The fraction of sp³-hybridized carbons (Fsp3) is 0.469. The lowest BCUT2D eigenvalue weighted by atomic mass is 10.0. The molecule has 19 nitrogen and oxygen atoms in total. The van der Waals surface area contributed by atoms with Gasteiger partial charge >= 0.3 is 8.25 Å². The van der Waals surface area contributed by atoms with E-state index in [1.54, 1.807) is 49.3 Å². The Morgan fingerprint density at radius 1 is 1.02 bits per heavy atom. The van der Waals surface area contributed by atoms with Gasteiger partial charge in [0.2, 0.25) is 0 Å². The van der Waals surface area contributed by atoms with Crippen LogP contribution < -0.4 is 10.9 Å². The number of anilines is 1. The Bertz CT molecular complexity index is 2270. The van der Waals surface area contributed by atoms with Gasteiger partial charge in [0.1, 0.15) is 30.6 Å². The second kappa shape index (κ2) is 16.0. The lowest BCUT2D eigenvalue weighted by Gasteiger charge is -2.28. The molecule has 2 fully saturated rings. The van der Waals surface area contributed by atoms with Gasteiger partial charge in [-0.1, -0.05) is 39.5 Å². The number of carbonyl (C=O) groups excluding carboxylic acids is 1. The minimum absolute atomic E-state index is 0. The summed E-state index contributed by atoms with van der Waals surface area (Å²) in [6.45, 7) is 3.43. The third-order valence-electron chi connectivity index (χ3n) is 9.25. The van der Waals surface area contributed by atoms with E-state index < -0.39 is 63.1 Å². The van der Waals surface area contributed by atoms with E-state index in [4.69, 9.17) is 34.9 Å². The third kappa shape index (κ3) is 7.77. The summed E-state index contributed by atoms with van der Waals surface area (Å²) < 4.78 is 45.6. The van der Waals surface area contributed by atoms with Gasteiger partial charge in [-0.15, -0.1) is 9.42 Å². The Balaban J connectivity index is 0.00000497. The maximum Gasteiger partial charge on any atom is 0.695 e. The molecule has 0 aliphatic carbocycles. The van der Waals surface area contributed by atoms with Gasteiger partial charge in [-0.25, -0.2) is 24.9 Å².